The van der Waals surface area contributed by atoms with Gasteiger partial charge in [0.2, 0.25) is 0 Å². The van der Waals surface area contributed by atoms with Gasteiger partial charge in [-0.15, -0.1) is 11.8 Å². The molecule has 0 amide bonds. The zero-order valence-electron chi connectivity index (χ0n) is 9.97. The lowest BCUT2D eigenvalue weighted by atomic mass is 10.2. The molecule has 2 rings (SSSR count). The highest BCUT2D eigenvalue weighted by atomic mass is 32.2. The molecule has 0 bridgehead atoms. The summed E-state index contributed by atoms with van der Waals surface area (Å²) in [6.07, 6.45) is 3.38. The van der Waals surface area contributed by atoms with Crippen LogP contribution in [0.4, 0.5) is 4.39 Å². The largest absolute Gasteiger partial charge is 0.432 e. The SMILES string of the molecule is CSc1ccc(C=C(F)Oc2ccccc2)cc1. The molecule has 0 aliphatic carbocycles. The van der Waals surface area contributed by atoms with Crippen molar-refractivity contribution >= 4 is 17.8 Å². The molecule has 0 saturated heterocycles. The Morgan fingerprint density at radius 1 is 1.06 bits per heavy atom. The summed E-state index contributed by atoms with van der Waals surface area (Å²) < 4.78 is 18.7. The fourth-order valence-corrected chi connectivity index (χ4v) is 1.87. The van der Waals surface area contributed by atoms with Gasteiger partial charge in [0.1, 0.15) is 5.75 Å². The fourth-order valence-electron chi connectivity index (χ4n) is 1.46. The first-order valence-electron chi connectivity index (χ1n) is 5.52. The van der Waals surface area contributed by atoms with Gasteiger partial charge in [0.05, 0.1) is 0 Å². The third-order valence-electron chi connectivity index (χ3n) is 2.35. The minimum absolute atomic E-state index is 0.493. The van der Waals surface area contributed by atoms with Gasteiger partial charge in [-0.25, -0.2) is 0 Å². The van der Waals surface area contributed by atoms with Crippen LogP contribution >= 0.6 is 11.8 Å². The van der Waals surface area contributed by atoms with Crippen LogP contribution in [0.1, 0.15) is 5.56 Å². The standard InChI is InChI=1S/C15H13FOS/c1-18-14-9-7-12(8-10-14)11-15(16)17-13-5-3-2-4-6-13/h2-11H,1H3. The Labute approximate surface area is 110 Å². The van der Waals surface area contributed by atoms with E-state index >= 15 is 0 Å². The van der Waals surface area contributed by atoms with Crippen molar-refractivity contribution in [3.05, 3.63) is 66.2 Å². The summed E-state index contributed by atoms with van der Waals surface area (Å²) in [6, 6.07) is 15.9. The lowest BCUT2D eigenvalue weighted by molar-refractivity contribution is 0.308. The molecule has 0 N–H and O–H groups in total. The molecule has 0 fully saturated rings. The molecule has 2 aromatic carbocycles. The molecule has 0 spiro atoms. The van der Waals surface area contributed by atoms with E-state index in [-0.39, 0.29) is 0 Å². The Morgan fingerprint density at radius 3 is 2.33 bits per heavy atom. The first-order valence-corrected chi connectivity index (χ1v) is 6.74. The summed E-state index contributed by atoms with van der Waals surface area (Å²) in [5.74, 6) is 0.493. The van der Waals surface area contributed by atoms with Crippen molar-refractivity contribution in [2.45, 2.75) is 4.90 Å². The quantitative estimate of drug-likeness (QED) is 0.579. The molecule has 0 radical (unpaired) electrons. The van der Waals surface area contributed by atoms with Crippen LogP contribution in [0, 0.1) is 0 Å². The monoisotopic (exact) mass is 260 g/mol. The average molecular weight is 260 g/mol. The molecule has 0 aliphatic heterocycles. The van der Waals surface area contributed by atoms with Gasteiger partial charge in [-0.2, -0.15) is 4.39 Å². The van der Waals surface area contributed by atoms with Crippen LogP contribution in [0.3, 0.4) is 0 Å². The summed E-state index contributed by atoms with van der Waals surface area (Å²) in [5.41, 5.74) is 0.779. The second-order valence-electron chi connectivity index (χ2n) is 3.64. The van der Waals surface area contributed by atoms with E-state index in [1.54, 1.807) is 36.0 Å². The molecule has 3 heteroatoms. The molecule has 92 valence electrons. The zero-order valence-corrected chi connectivity index (χ0v) is 10.8. The molecule has 2 aromatic rings. The van der Waals surface area contributed by atoms with Gasteiger partial charge in [-0.3, -0.25) is 0 Å². The van der Waals surface area contributed by atoms with Crippen LogP contribution in [0.25, 0.3) is 6.08 Å². The number of halogens is 1. The summed E-state index contributed by atoms with van der Waals surface area (Å²) in [5, 5.41) is 0. The van der Waals surface area contributed by atoms with Crippen molar-refractivity contribution < 1.29 is 9.13 Å². The minimum Gasteiger partial charge on any atom is -0.432 e. The summed E-state index contributed by atoms with van der Waals surface area (Å²) in [6.45, 7) is 0. The Balaban J connectivity index is 2.07. The Bertz CT molecular complexity index is 520. The second kappa shape index (κ2) is 6.26. The molecule has 0 aromatic heterocycles. The Kier molecular flexibility index (Phi) is 4.42. The van der Waals surface area contributed by atoms with Crippen LogP contribution in [0.15, 0.2) is 65.5 Å². The highest BCUT2D eigenvalue weighted by molar-refractivity contribution is 7.98. The number of ether oxygens (including phenoxy) is 1. The van der Waals surface area contributed by atoms with Gasteiger partial charge >= 0.3 is 0 Å². The highest BCUT2D eigenvalue weighted by Crippen LogP contribution is 2.18. The van der Waals surface area contributed by atoms with E-state index in [1.165, 1.54) is 6.08 Å². The van der Waals surface area contributed by atoms with E-state index in [2.05, 4.69) is 0 Å². The van der Waals surface area contributed by atoms with E-state index in [0.29, 0.717) is 5.75 Å². The predicted molar refractivity (Wildman–Crippen MR) is 74.4 cm³/mol. The van der Waals surface area contributed by atoms with E-state index in [4.69, 9.17) is 4.74 Å². The number of hydrogen-bond acceptors (Lipinski definition) is 2. The molecule has 0 atom stereocenters. The third-order valence-corrected chi connectivity index (χ3v) is 3.10. The Morgan fingerprint density at radius 2 is 1.72 bits per heavy atom. The van der Waals surface area contributed by atoms with Crippen molar-refractivity contribution in [3.63, 3.8) is 0 Å². The molecular formula is C15H13FOS. The Hall–Kier alpha value is -1.74. The van der Waals surface area contributed by atoms with E-state index < -0.39 is 6.01 Å². The van der Waals surface area contributed by atoms with Crippen molar-refractivity contribution in [1.82, 2.24) is 0 Å². The average Bonchev–Trinajstić information content (AvgIpc) is 2.40. The smallest absolute Gasteiger partial charge is 0.278 e. The number of thioether (sulfide) groups is 1. The maximum atomic E-state index is 13.6. The van der Waals surface area contributed by atoms with Crippen molar-refractivity contribution in [1.29, 1.82) is 0 Å². The summed E-state index contributed by atoms with van der Waals surface area (Å²) in [7, 11) is 0. The molecule has 18 heavy (non-hydrogen) atoms. The van der Waals surface area contributed by atoms with E-state index in [0.717, 1.165) is 10.5 Å². The number of para-hydroxylation sites is 1. The van der Waals surface area contributed by atoms with Crippen molar-refractivity contribution in [3.8, 4) is 5.75 Å². The van der Waals surface area contributed by atoms with Gasteiger partial charge in [0.15, 0.2) is 0 Å². The van der Waals surface area contributed by atoms with E-state index in [9.17, 15) is 4.39 Å². The van der Waals surface area contributed by atoms with Crippen molar-refractivity contribution in [2.75, 3.05) is 6.26 Å². The number of benzene rings is 2. The normalized spacial score (nSPS) is 11.3. The zero-order chi connectivity index (χ0) is 12.8. The predicted octanol–water partition coefficient (Wildman–Crippen LogP) is 4.76. The lowest BCUT2D eigenvalue weighted by Crippen LogP contribution is -1.88. The van der Waals surface area contributed by atoms with Gasteiger partial charge in [-0.1, -0.05) is 30.3 Å². The van der Waals surface area contributed by atoms with Gasteiger partial charge in [0, 0.05) is 11.0 Å². The maximum Gasteiger partial charge on any atom is 0.278 e. The van der Waals surface area contributed by atoms with Gasteiger partial charge < -0.3 is 4.74 Å². The second-order valence-corrected chi connectivity index (χ2v) is 4.52. The van der Waals surface area contributed by atoms with Crippen LogP contribution in [0.5, 0.6) is 5.75 Å². The molecular weight excluding hydrogens is 247 g/mol. The summed E-state index contributed by atoms with van der Waals surface area (Å²) in [4.78, 5) is 1.15. The van der Waals surface area contributed by atoms with Crippen molar-refractivity contribution in [2.24, 2.45) is 0 Å². The number of hydrogen-bond donors (Lipinski definition) is 0. The van der Waals surface area contributed by atoms with Crippen LogP contribution in [-0.4, -0.2) is 6.26 Å². The maximum absolute atomic E-state index is 13.6. The third kappa shape index (κ3) is 3.64. The van der Waals surface area contributed by atoms with Gasteiger partial charge in [0.25, 0.3) is 6.01 Å². The molecule has 0 saturated carbocycles. The van der Waals surface area contributed by atoms with Crippen LogP contribution in [0.2, 0.25) is 0 Å². The number of rotatable bonds is 4. The van der Waals surface area contributed by atoms with E-state index in [1.807, 2.05) is 36.6 Å². The highest BCUT2D eigenvalue weighted by Gasteiger charge is 1.99. The minimum atomic E-state index is -0.613. The van der Waals surface area contributed by atoms with Gasteiger partial charge in [-0.05, 0) is 36.1 Å². The summed E-state index contributed by atoms with van der Waals surface area (Å²) >= 11 is 1.65. The molecule has 1 nitrogen and oxygen atoms in total. The topological polar surface area (TPSA) is 9.23 Å². The molecule has 0 heterocycles. The first-order chi connectivity index (χ1) is 8.78. The van der Waals surface area contributed by atoms with Crippen LogP contribution < -0.4 is 4.74 Å². The fraction of sp³-hybridized carbons (Fsp3) is 0.0667. The lowest BCUT2D eigenvalue weighted by Gasteiger charge is -2.02. The molecule has 0 aliphatic rings. The van der Waals surface area contributed by atoms with Crippen LogP contribution in [-0.2, 0) is 0 Å². The molecule has 0 unspecified atom stereocenters. The first kappa shape index (κ1) is 12.7.